The van der Waals surface area contributed by atoms with E-state index in [1.54, 1.807) is 0 Å². The first-order valence-corrected chi connectivity index (χ1v) is 8.63. The summed E-state index contributed by atoms with van der Waals surface area (Å²) in [4.78, 5) is 0. The summed E-state index contributed by atoms with van der Waals surface area (Å²) < 4.78 is 5.93. The molecule has 0 spiro atoms. The van der Waals surface area contributed by atoms with Gasteiger partial charge in [0.1, 0.15) is 0 Å². The van der Waals surface area contributed by atoms with E-state index in [0.717, 1.165) is 26.0 Å². The Kier molecular flexibility index (Phi) is 6.72. The van der Waals surface area contributed by atoms with Crippen molar-refractivity contribution in [1.82, 2.24) is 5.32 Å². The fourth-order valence-electron chi connectivity index (χ4n) is 3.25. The maximum atomic E-state index is 5.93. The highest BCUT2D eigenvalue weighted by Gasteiger charge is 2.20. The van der Waals surface area contributed by atoms with Crippen LogP contribution in [0.5, 0.6) is 0 Å². The van der Waals surface area contributed by atoms with Crippen molar-refractivity contribution in [2.45, 2.75) is 65.0 Å². The second-order valence-electron chi connectivity index (χ2n) is 6.68. The molecule has 2 heteroatoms. The molecule has 1 N–H and O–H groups in total. The highest BCUT2D eigenvalue weighted by atomic mass is 16.5. The largest absolute Gasteiger partial charge is 0.378 e. The van der Waals surface area contributed by atoms with Gasteiger partial charge in [-0.25, -0.2) is 0 Å². The molecule has 1 aliphatic rings. The number of hydrogen-bond acceptors (Lipinski definition) is 2. The van der Waals surface area contributed by atoms with Gasteiger partial charge in [0.25, 0.3) is 0 Å². The molecule has 118 valence electrons. The first-order chi connectivity index (χ1) is 10.2. The molecule has 0 bridgehead atoms. The third-order valence-electron chi connectivity index (χ3n) is 4.22. The zero-order chi connectivity index (χ0) is 15.1. The van der Waals surface area contributed by atoms with E-state index in [4.69, 9.17) is 4.74 Å². The zero-order valence-corrected chi connectivity index (χ0v) is 13.9. The number of hydrogen-bond donors (Lipinski definition) is 1. The predicted molar refractivity (Wildman–Crippen MR) is 89.6 cm³/mol. The molecule has 1 heterocycles. The highest BCUT2D eigenvalue weighted by Crippen LogP contribution is 2.26. The van der Waals surface area contributed by atoms with Crippen LogP contribution in [0.1, 0.15) is 63.6 Å². The summed E-state index contributed by atoms with van der Waals surface area (Å²) >= 11 is 0. The molecule has 21 heavy (non-hydrogen) atoms. The van der Waals surface area contributed by atoms with Crippen molar-refractivity contribution in [2.75, 3.05) is 13.2 Å². The van der Waals surface area contributed by atoms with Crippen LogP contribution in [0.2, 0.25) is 0 Å². The summed E-state index contributed by atoms with van der Waals surface area (Å²) in [6.45, 7) is 8.70. The van der Waals surface area contributed by atoms with Crippen molar-refractivity contribution in [2.24, 2.45) is 5.92 Å². The van der Waals surface area contributed by atoms with Gasteiger partial charge in [-0.2, -0.15) is 0 Å². The van der Waals surface area contributed by atoms with E-state index in [1.807, 2.05) is 0 Å². The Morgan fingerprint density at radius 1 is 1.29 bits per heavy atom. The van der Waals surface area contributed by atoms with Crippen LogP contribution in [0.15, 0.2) is 24.3 Å². The monoisotopic (exact) mass is 289 g/mol. The lowest BCUT2D eigenvalue weighted by atomic mass is 9.93. The van der Waals surface area contributed by atoms with Crippen LogP contribution >= 0.6 is 0 Å². The quantitative estimate of drug-likeness (QED) is 0.798. The summed E-state index contributed by atoms with van der Waals surface area (Å²) in [7, 11) is 0. The Balaban J connectivity index is 2.05. The van der Waals surface area contributed by atoms with Crippen molar-refractivity contribution < 1.29 is 4.74 Å². The molecule has 1 aromatic carbocycles. The van der Waals surface area contributed by atoms with Crippen molar-refractivity contribution in [1.29, 1.82) is 0 Å². The minimum atomic E-state index is 0.421. The normalized spacial score (nSPS) is 20.7. The van der Waals surface area contributed by atoms with Crippen LogP contribution in [0.3, 0.4) is 0 Å². The van der Waals surface area contributed by atoms with Crippen LogP contribution in [0.4, 0.5) is 0 Å². The van der Waals surface area contributed by atoms with Gasteiger partial charge in [0, 0.05) is 12.6 Å². The Morgan fingerprint density at radius 2 is 2.14 bits per heavy atom. The number of nitrogens with one attached hydrogen (secondary N) is 1. The third-order valence-corrected chi connectivity index (χ3v) is 4.22. The van der Waals surface area contributed by atoms with E-state index in [0.29, 0.717) is 18.1 Å². The van der Waals surface area contributed by atoms with Gasteiger partial charge in [-0.3, -0.25) is 0 Å². The smallest absolute Gasteiger partial charge is 0.0593 e. The molecule has 2 rings (SSSR count). The van der Waals surface area contributed by atoms with E-state index in [2.05, 4.69) is 50.4 Å². The minimum absolute atomic E-state index is 0.421. The number of benzene rings is 1. The van der Waals surface area contributed by atoms with Gasteiger partial charge >= 0.3 is 0 Å². The van der Waals surface area contributed by atoms with Crippen molar-refractivity contribution in [3.63, 3.8) is 0 Å². The minimum Gasteiger partial charge on any atom is -0.378 e. The van der Waals surface area contributed by atoms with Crippen molar-refractivity contribution in [3.05, 3.63) is 35.4 Å². The first kappa shape index (κ1) is 16.5. The summed E-state index contributed by atoms with van der Waals surface area (Å²) in [5, 5.41) is 3.65. The van der Waals surface area contributed by atoms with E-state index in [-0.39, 0.29) is 0 Å². The highest BCUT2D eigenvalue weighted by molar-refractivity contribution is 5.26. The van der Waals surface area contributed by atoms with Crippen molar-refractivity contribution in [3.8, 4) is 0 Å². The number of ether oxygens (including phenoxy) is 1. The average molecular weight is 289 g/mol. The average Bonchev–Trinajstić information content (AvgIpc) is 2.47. The van der Waals surface area contributed by atoms with Crippen LogP contribution in [-0.2, 0) is 11.2 Å². The molecule has 2 nitrogen and oxygen atoms in total. The molecular formula is C19H31NO. The topological polar surface area (TPSA) is 21.3 Å². The summed E-state index contributed by atoms with van der Waals surface area (Å²) in [6, 6.07) is 9.53. The van der Waals surface area contributed by atoms with Gasteiger partial charge < -0.3 is 10.1 Å². The number of rotatable bonds is 7. The molecule has 2 unspecified atom stereocenters. The molecule has 0 aliphatic carbocycles. The van der Waals surface area contributed by atoms with Gasteiger partial charge in [0.15, 0.2) is 0 Å². The Bertz CT molecular complexity index is 410. The maximum absolute atomic E-state index is 5.93. The Hall–Kier alpha value is -0.860. The molecule has 0 aromatic heterocycles. The van der Waals surface area contributed by atoms with Crippen LogP contribution in [0, 0.1) is 5.92 Å². The lowest BCUT2D eigenvalue weighted by Gasteiger charge is -2.28. The summed E-state index contributed by atoms with van der Waals surface area (Å²) in [6.07, 6.45) is 6.44. The second kappa shape index (κ2) is 8.55. The molecule has 1 aliphatic heterocycles. The van der Waals surface area contributed by atoms with Gasteiger partial charge in [-0.05, 0) is 55.7 Å². The lowest BCUT2D eigenvalue weighted by molar-refractivity contribution is 0.00513. The fraction of sp³-hybridized carbons (Fsp3) is 0.684. The Labute approximate surface area is 130 Å². The summed E-state index contributed by atoms with van der Waals surface area (Å²) in [5.41, 5.74) is 2.87. The van der Waals surface area contributed by atoms with Crippen LogP contribution in [-0.4, -0.2) is 19.3 Å². The molecule has 0 radical (unpaired) electrons. The van der Waals surface area contributed by atoms with E-state index in [1.165, 1.54) is 30.4 Å². The molecular weight excluding hydrogens is 258 g/mol. The third kappa shape index (κ3) is 5.44. The predicted octanol–water partition coefficient (Wildman–Crippen LogP) is 4.49. The second-order valence-corrected chi connectivity index (χ2v) is 6.68. The van der Waals surface area contributed by atoms with Gasteiger partial charge in [-0.15, -0.1) is 0 Å². The zero-order valence-electron chi connectivity index (χ0n) is 13.9. The standard InChI is InChI=1S/C19H31NO/c1-4-20-19(14-18-10-5-6-11-21-18)17-9-7-8-16(13-17)12-15(2)3/h7-9,13,15,18-20H,4-6,10-12,14H2,1-3H3. The fourth-order valence-corrected chi connectivity index (χ4v) is 3.25. The van der Waals surface area contributed by atoms with Gasteiger partial charge in [0.05, 0.1) is 6.10 Å². The Morgan fingerprint density at radius 3 is 2.81 bits per heavy atom. The first-order valence-electron chi connectivity index (χ1n) is 8.63. The van der Waals surface area contributed by atoms with E-state index < -0.39 is 0 Å². The molecule has 1 saturated heterocycles. The van der Waals surface area contributed by atoms with Gasteiger partial charge in [-0.1, -0.05) is 45.0 Å². The summed E-state index contributed by atoms with van der Waals surface area (Å²) in [5.74, 6) is 0.708. The molecule has 0 saturated carbocycles. The molecule has 2 atom stereocenters. The van der Waals surface area contributed by atoms with Crippen LogP contribution < -0.4 is 5.32 Å². The van der Waals surface area contributed by atoms with E-state index >= 15 is 0 Å². The lowest BCUT2D eigenvalue weighted by Crippen LogP contribution is -2.28. The van der Waals surface area contributed by atoms with E-state index in [9.17, 15) is 0 Å². The molecule has 1 fully saturated rings. The van der Waals surface area contributed by atoms with Gasteiger partial charge in [0.2, 0.25) is 0 Å². The molecule has 1 aromatic rings. The molecule has 0 amide bonds. The van der Waals surface area contributed by atoms with Crippen molar-refractivity contribution >= 4 is 0 Å². The van der Waals surface area contributed by atoms with Crippen LogP contribution in [0.25, 0.3) is 0 Å². The SMILES string of the molecule is CCNC(CC1CCCCO1)c1cccc(CC(C)C)c1. The maximum Gasteiger partial charge on any atom is 0.0593 e.